The molecule has 2 aromatic rings. The van der Waals surface area contributed by atoms with Gasteiger partial charge in [0.15, 0.2) is 24.3 Å². The van der Waals surface area contributed by atoms with E-state index in [4.69, 9.17) is 23.7 Å². The van der Waals surface area contributed by atoms with Crippen molar-refractivity contribution in [2.45, 2.75) is 113 Å². The number of unbranched alkanes of at least 4 members (excludes halogenated alkanes) is 1. The fourth-order valence-corrected chi connectivity index (χ4v) is 10.8. The van der Waals surface area contributed by atoms with Crippen molar-refractivity contribution in [1.82, 2.24) is 10.2 Å². The maximum atomic E-state index is 13.1. The predicted octanol–water partition coefficient (Wildman–Crippen LogP) is 6.88. The first kappa shape index (κ1) is 34.2. The summed E-state index contributed by atoms with van der Waals surface area (Å²) in [6.07, 6.45) is 3.92. The van der Waals surface area contributed by atoms with E-state index in [1.54, 1.807) is 0 Å². The van der Waals surface area contributed by atoms with Gasteiger partial charge in [0, 0.05) is 48.5 Å². The van der Waals surface area contributed by atoms with Crippen LogP contribution in [0.3, 0.4) is 0 Å². The molecular formula is C37H48N2O7S2. The van der Waals surface area contributed by atoms with Gasteiger partial charge < -0.3 is 33.9 Å². The van der Waals surface area contributed by atoms with Crippen LogP contribution >= 0.6 is 21.6 Å². The highest BCUT2D eigenvalue weighted by Gasteiger charge is 2.57. The van der Waals surface area contributed by atoms with Crippen LogP contribution < -0.4 is 5.32 Å². The molecule has 1 aliphatic carbocycles. The van der Waals surface area contributed by atoms with E-state index in [9.17, 15) is 9.59 Å². The maximum Gasteiger partial charge on any atom is 0.407 e. The molecule has 9 nitrogen and oxygen atoms in total. The molecule has 0 bridgehead atoms. The second kappa shape index (κ2) is 14.5. The molecule has 5 atom stereocenters. The number of likely N-dealkylation sites (tertiary alicyclic amines) is 1. The fraction of sp³-hybridized carbons (Fsp3) is 0.622. The second-order valence-corrected chi connectivity index (χ2v) is 17.3. The Bertz CT molecular complexity index is 1410. The van der Waals surface area contributed by atoms with Crippen molar-refractivity contribution in [1.29, 1.82) is 0 Å². The van der Waals surface area contributed by atoms with Crippen molar-refractivity contribution >= 4 is 33.7 Å². The summed E-state index contributed by atoms with van der Waals surface area (Å²) in [6, 6.07) is 16.7. The minimum Gasteiger partial charge on any atom is -0.457 e. The van der Waals surface area contributed by atoms with Crippen molar-refractivity contribution in [2.75, 3.05) is 32.0 Å². The molecule has 5 aliphatic rings. The van der Waals surface area contributed by atoms with Gasteiger partial charge >= 0.3 is 12.1 Å². The summed E-state index contributed by atoms with van der Waals surface area (Å²) in [5.41, 5.74) is 4.44. The first-order valence-electron chi connectivity index (χ1n) is 17.5. The summed E-state index contributed by atoms with van der Waals surface area (Å²) in [6.45, 7) is 8.22. The third kappa shape index (κ3) is 7.71. The van der Waals surface area contributed by atoms with E-state index in [0.717, 1.165) is 45.2 Å². The number of hydrogen-bond acceptors (Lipinski definition) is 10. The van der Waals surface area contributed by atoms with Gasteiger partial charge in [-0.2, -0.15) is 0 Å². The van der Waals surface area contributed by atoms with Crippen LogP contribution in [0.25, 0.3) is 11.1 Å². The number of carbonyl (C=O) groups excluding carboxylic acids is 2. The third-order valence-electron chi connectivity index (χ3n) is 10.4. The predicted molar refractivity (Wildman–Crippen MR) is 188 cm³/mol. The van der Waals surface area contributed by atoms with E-state index < -0.39 is 24.3 Å². The number of carbonyl (C=O) groups is 2. The van der Waals surface area contributed by atoms with Gasteiger partial charge in [-0.15, -0.1) is 0 Å². The van der Waals surface area contributed by atoms with E-state index in [0.29, 0.717) is 24.8 Å². The van der Waals surface area contributed by atoms with Crippen molar-refractivity contribution in [3.63, 3.8) is 0 Å². The zero-order valence-corrected chi connectivity index (χ0v) is 29.8. The van der Waals surface area contributed by atoms with Gasteiger partial charge in [0.1, 0.15) is 12.7 Å². The summed E-state index contributed by atoms with van der Waals surface area (Å²) >= 11 is 0. The summed E-state index contributed by atoms with van der Waals surface area (Å²) in [5, 5.41) is 3.88. The van der Waals surface area contributed by atoms with Crippen molar-refractivity contribution in [3.8, 4) is 11.1 Å². The molecule has 1 unspecified atom stereocenters. The molecule has 4 aliphatic heterocycles. The Morgan fingerprint density at radius 1 is 0.979 bits per heavy atom. The SMILES string of the molecule is CC1(NC(=O)OCC2c3ccccc3-c3ccccc32)CCN(C[C@H]2O[C@@H]3OC(C)(C)O[C@@H]3[C@H]2OC(=O)CCCCC2CCSS2)CC1. The van der Waals surface area contributed by atoms with Crippen molar-refractivity contribution in [2.24, 2.45) is 0 Å². The van der Waals surface area contributed by atoms with E-state index >= 15 is 0 Å². The molecule has 0 aromatic heterocycles. The van der Waals surface area contributed by atoms with Crippen LogP contribution in [0.15, 0.2) is 48.5 Å². The smallest absolute Gasteiger partial charge is 0.407 e. The van der Waals surface area contributed by atoms with Gasteiger partial charge in [-0.25, -0.2) is 4.79 Å². The quantitative estimate of drug-likeness (QED) is 0.152. The molecule has 2 aromatic carbocycles. The Morgan fingerprint density at radius 3 is 2.38 bits per heavy atom. The van der Waals surface area contributed by atoms with Crippen LogP contribution in [0.1, 0.15) is 82.8 Å². The average Bonchev–Trinajstić information content (AvgIpc) is 3.83. The Kier molecular flexibility index (Phi) is 10.3. The monoisotopic (exact) mass is 696 g/mol. The lowest BCUT2D eigenvalue weighted by Gasteiger charge is -2.40. The van der Waals surface area contributed by atoms with E-state index in [1.807, 2.05) is 47.6 Å². The fourth-order valence-electron chi connectivity index (χ4n) is 7.74. The topological polar surface area (TPSA) is 95.6 Å². The number of alkyl carbamates (subject to hydrolysis) is 1. The first-order chi connectivity index (χ1) is 23.2. The molecule has 0 radical (unpaired) electrons. The number of ether oxygens (including phenoxy) is 5. The minimum atomic E-state index is -0.792. The number of amides is 1. The largest absolute Gasteiger partial charge is 0.457 e. The standard InChI is InChI=1S/C37H48N2O7S2/c1-36(2)45-33-32(44-31(40)15-9-4-10-24-16-21-47-48-24)30(43-34(33)46-36)22-39-19-17-37(3,18-20-39)38-35(41)42-23-29-27-13-7-5-11-25(27)26-12-6-8-14-28(26)29/h5-8,11-14,24,29-30,32-34H,4,9-10,15-23H2,1-3H3,(H,38,41)/t24?,30-,32+,33-,34-/m1/s1. The Labute approximate surface area is 291 Å². The number of esters is 1. The Balaban J connectivity index is 0.889. The first-order valence-corrected chi connectivity index (χ1v) is 19.9. The van der Waals surface area contributed by atoms with Crippen LogP contribution in [-0.2, 0) is 28.5 Å². The van der Waals surface area contributed by atoms with E-state index in [-0.39, 0.29) is 29.6 Å². The second-order valence-electron chi connectivity index (χ2n) is 14.5. The lowest BCUT2D eigenvalue weighted by atomic mass is 9.89. The van der Waals surface area contributed by atoms with Gasteiger partial charge in [0.2, 0.25) is 0 Å². The van der Waals surface area contributed by atoms with Gasteiger partial charge in [-0.05, 0) is 75.1 Å². The molecule has 4 fully saturated rings. The highest BCUT2D eigenvalue weighted by atomic mass is 33.1. The van der Waals surface area contributed by atoms with Gasteiger partial charge in [-0.1, -0.05) is 76.5 Å². The molecule has 1 amide bonds. The van der Waals surface area contributed by atoms with Gasteiger partial charge in [-0.3, -0.25) is 4.79 Å². The molecule has 4 saturated heterocycles. The lowest BCUT2D eigenvalue weighted by Crippen LogP contribution is -2.55. The summed E-state index contributed by atoms with van der Waals surface area (Å²) in [5.74, 6) is 0.265. The summed E-state index contributed by atoms with van der Waals surface area (Å²) in [7, 11) is 3.93. The minimum absolute atomic E-state index is 0.0273. The average molecular weight is 697 g/mol. The molecule has 260 valence electrons. The molecule has 7 rings (SSSR count). The number of hydrogen-bond donors (Lipinski definition) is 1. The number of rotatable bonds is 11. The molecule has 48 heavy (non-hydrogen) atoms. The van der Waals surface area contributed by atoms with Crippen LogP contribution in [0.5, 0.6) is 0 Å². The van der Waals surface area contributed by atoms with E-state index in [2.05, 4.69) is 53.5 Å². The molecule has 1 N–H and O–H groups in total. The van der Waals surface area contributed by atoms with Crippen LogP contribution in [0, 0.1) is 0 Å². The lowest BCUT2D eigenvalue weighted by molar-refractivity contribution is -0.220. The number of nitrogens with one attached hydrogen (secondary N) is 1. The molecule has 0 spiro atoms. The number of nitrogens with zero attached hydrogens (tertiary/aromatic N) is 1. The molecular weight excluding hydrogens is 649 g/mol. The molecule has 0 saturated carbocycles. The van der Waals surface area contributed by atoms with Crippen LogP contribution in [0.4, 0.5) is 4.79 Å². The zero-order valence-electron chi connectivity index (χ0n) is 28.2. The molecule has 11 heteroatoms. The van der Waals surface area contributed by atoms with Crippen molar-refractivity contribution in [3.05, 3.63) is 59.7 Å². The highest BCUT2D eigenvalue weighted by Crippen LogP contribution is 2.45. The highest BCUT2D eigenvalue weighted by molar-refractivity contribution is 8.77. The normalized spacial score (nSPS) is 28.9. The number of fused-ring (bicyclic) bond motifs is 4. The maximum absolute atomic E-state index is 13.1. The zero-order chi connectivity index (χ0) is 33.3. The third-order valence-corrected chi connectivity index (χ3v) is 13.4. The van der Waals surface area contributed by atoms with E-state index in [1.165, 1.54) is 34.4 Å². The Morgan fingerprint density at radius 2 is 1.69 bits per heavy atom. The van der Waals surface area contributed by atoms with Crippen LogP contribution in [-0.4, -0.2) is 90.1 Å². The Hall–Kier alpha value is -2.28. The number of benzene rings is 2. The molecule has 4 heterocycles. The van der Waals surface area contributed by atoms with Gasteiger partial charge in [0.25, 0.3) is 0 Å². The summed E-state index contributed by atoms with van der Waals surface area (Å²) < 4.78 is 30.4. The van der Waals surface area contributed by atoms with Crippen LogP contribution in [0.2, 0.25) is 0 Å². The summed E-state index contributed by atoms with van der Waals surface area (Å²) in [4.78, 5) is 28.4. The van der Waals surface area contributed by atoms with Crippen molar-refractivity contribution < 1.29 is 33.3 Å². The number of piperidine rings is 1. The van der Waals surface area contributed by atoms with Gasteiger partial charge in [0.05, 0.1) is 0 Å².